The lowest BCUT2D eigenvalue weighted by molar-refractivity contribution is -0.123. The summed E-state index contributed by atoms with van der Waals surface area (Å²) in [6, 6.07) is 6.10. The molecule has 1 atom stereocenters. The molecule has 138 valence electrons. The number of amides is 2. The van der Waals surface area contributed by atoms with Gasteiger partial charge in [-0.3, -0.25) is 9.59 Å². The summed E-state index contributed by atoms with van der Waals surface area (Å²) in [6.07, 6.45) is 2.31. The first-order valence-corrected chi connectivity index (χ1v) is 10.6. The Labute approximate surface area is 156 Å². The molecule has 0 radical (unpaired) electrons. The van der Waals surface area contributed by atoms with Crippen molar-refractivity contribution in [3.63, 3.8) is 0 Å². The number of rotatable bonds is 5. The van der Waals surface area contributed by atoms with Gasteiger partial charge in [0, 0.05) is 29.2 Å². The Hall–Kier alpha value is -1.45. The zero-order valence-electron chi connectivity index (χ0n) is 14.2. The number of benzene rings is 1. The molecule has 0 saturated carbocycles. The van der Waals surface area contributed by atoms with Crippen LogP contribution in [0.5, 0.6) is 0 Å². The highest BCUT2D eigenvalue weighted by Crippen LogP contribution is 2.13. The van der Waals surface area contributed by atoms with Crippen molar-refractivity contribution in [2.45, 2.75) is 31.8 Å². The zero-order chi connectivity index (χ0) is 18.6. The Bertz CT molecular complexity index is 728. The summed E-state index contributed by atoms with van der Waals surface area (Å²) >= 11 is 3.30. The van der Waals surface area contributed by atoms with E-state index in [9.17, 15) is 18.0 Å². The lowest BCUT2D eigenvalue weighted by Crippen LogP contribution is -2.51. The van der Waals surface area contributed by atoms with E-state index in [0.717, 1.165) is 4.47 Å². The van der Waals surface area contributed by atoms with Crippen molar-refractivity contribution in [3.05, 3.63) is 34.3 Å². The number of piperidine rings is 1. The van der Waals surface area contributed by atoms with Gasteiger partial charge in [0.2, 0.25) is 15.9 Å². The number of halogens is 1. The zero-order valence-corrected chi connectivity index (χ0v) is 16.6. The number of nitrogens with zero attached hydrogens (tertiary/aromatic N) is 1. The van der Waals surface area contributed by atoms with E-state index in [0.29, 0.717) is 31.5 Å². The molecule has 1 aliphatic heterocycles. The molecule has 0 spiro atoms. The van der Waals surface area contributed by atoms with Crippen molar-refractivity contribution >= 4 is 37.8 Å². The van der Waals surface area contributed by atoms with Crippen LogP contribution in [0.15, 0.2) is 28.7 Å². The number of carbonyl (C=O) groups excluding carboxylic acids is 2. The van der Waals surface area contributed by atoms with Crippen LogP contribution in [0.25, 0.3) is 0 Å². The molecule has 0 aromatic heterocycles. The van der Waals surface area contributed by atoms with E-state index in [1.54, 1.807) is 31.2 Å². The molecule has 25 heavy (non-hydrogen) atoms. The predicted molar refractivity (Wildman–Crippen MR) is 98.7 cm³/mol. The lowest BCUT2D eigenvalue weighted by Gasteiger charge is -2.31. The average Bonchev–Trinajstić information content (AvgIpc) is 2.55. The van der Waals surface area contributed by atoms with Gasteiger partial charge in [-0.1, -0.05) is 15.9 Å². The van der Waals surface area contributed by atoms with Gasteiger partial charge in [0.15, 0.2) is 0 Å². The summed E-state index contributed by atoms with van der Waals surface area (Å²) < 4.78 is 25.3. The topological polar surface area (TPSA) is 95.6 Å². The quantitative estimate of drug-likeness (QED) is 0.729. The fraction of sp³-hybridized carbons (Fsp3) is 0.500. The smallest absolute Gasteiger partial charge is 0.251 e. The van der Waals surface area contributed by atoms with Gasteiger partial charge >= 0.3 is 0 Å². The Morgan fingerprint density at radius 2 is 1.76 bits per heavy atom. The minimum atomic E-state index is -3.18. The molecule has 9 heteroatoms. The number of hydrogen-bond donors (Lipinski definition) is 2. The van der Waals surface area contributed by atoms with E-state index in [1.807, 2.05) is 0 Å². The molecular weight excluding hydrogens is 410 g/mol. The van der Waals surface area contributed by atoms with Crippen LogP contribution >= 0.6 is 15.9 Å². The summed E-state index contributed by atoms with van der Waals surface area (Å²) in [5, 5.41) is 5.54. The highest BCUT2D eigenvalue weighted by Gasteiger charge is 2.27. The molecule has 2 amide bonds. The second kappa shape index (κ2) is 8.29. The maximum Gasteiger partial charge on any atom is 0.251 e. The SMILES string of the molecule is CC(NC(=O)c1ccc(Br)cc1)C(=O)NC1CCN(S(C)(=O)=O)CC1. The van der Waals surface area contributed by atoms with Gasteiger partial charge in [-0.05, 0) is 44.0 Å². The van der Waals surface area contributed by atoms with E-state index in [2.05, 4.69) is 26.6 Å². The van der Waals surface area contributed by atoms with Crippen molar-refractivity contribution < 1.29 is 18.0 Å². The largest absolute Gasteiger partial charge is 0.351 e. The lowest BCUT2D eigenvalue weighted by atomic mass is 10.1. The molecule has 2 N–H and O–H groups in total. The van der Waals surface area contributed by atoms with Crippen molar-refractivity contribution in [2.24, 2.45) is 0 Å². The third-order valence-electron chi connectivity index (χ3n) is 4.12. The molecule has 7 nitrogen and oxygen atoms in total. The van der Waals surface area contributed by atoms with E-state index in [4.69, 9.17) is 0 Å². The molecule has 1 fully saturated rings. The summed E-state index contributed by atoms with van der Waals surface area (Å²) in [5.41, 5.74) is 0.476. The van der Waals surface area contributed by atoms with Crippen LogP contribution in [0, 0.1) is 0 Å². The van der Waals surface area contributed by atoms with Gasteiger partial charge in [0.1, 0.15) is 6.04 Å². The molecule has 0 aliphatic carbocycles. The highest BCUT2D eigenvalue weighted by molar-refractivity contribution is 9.10. The number of hydrogen-bond acceptors (Lipinski definition) is 4. The third kappa shape index (κ3) is 5.79. The van der Waals surface area contributed by atoms with Crippen molar-refractivity contribution in [3.8, 4) is 0 Å². The Balaban J connectivity index is 1.82. The Morgan fingerprint density at radius 3 is 2.28 bits per heavy atom. The van der Waals surface area contributed by atoms with Gasteiger partial charge in [-0.25, -0.2) is 12.7 Å². The molecule has 1 aromatic rings. The van der Waals surface area contributed by atoms with E-state index >= 15 is 0 Å². The van der Waals surface area contributed by atoms with Crippen molar-refractivity contribution in [1.29, 1.82) is 0 Å². The van der Waals surface area contributed by atoms with Crippen LogP contribution in [-0.4, -0.2) is 56.0 Å². The second-order valence-electron chi connectivity index (χ2n) is 6.15. The highest BCUT2D eigenvalue weighted by atomic mass is 79.9. The first kappa shape index (κ1) is 19.9. The fourth-order valence-electron chi connectivity index (χ4n) is 2.60. The van der Waals surface area contributed by atoms with Gasteiger partial charge in [-0.15, -0.1) is 0 Å². The summed E-state index contributed by atoms with van der Waals surface area (Å²) in [5.74, 6) is -0.592. The Morgan fingerprint density at radius 1 is 1.20 bits per heavy atom. The maximum atomic E-state index is 12.2. The Kier molecular flexibility index (Phi) is 6.59. The minimum absolute atomic E-state index is 0.0856. The fourth-order valence-corrected chi connectivity index (χ4v) is 3.74. The first-order valence-electron chi connectivity index (χ1n) is 7.99. The minimum Gasteiger partial charge on any atom is -0.351 e. The number of sulfonamides is 1. The predicted octanol–water partition coefficient (Wildman–Crippen LogP) is 1.11. The van der Waals surface area contributed by atoms with Crippen molar-refractivity contribution in [2.75, 3.05) is 19.3 Å². The van der Waals surface area contributed by atoms with Gasteiger partial charge in [0.25, 0.3) is 5.91 Å². The number of carbonyl (C=O) groups is 2. The maximum absolute atomic E-state index is 12.2. The molecule has 1 unspecified atom stereocenters. The van der Waals surface area contributed by atoms with Gasteiger partial charge < -0.3 is 10.6 Å². The van der Waals surface area contributed by atoms with Gasteiger partial charge in [-0.2, -0.15) is 0 Å². The average molecular weight is 432 g/mol. The van der Waals surface area contributed by atoms with Crippen LogP contribution in [0.4, 0.5) is 0 Å². The second-order valence-corrected chi connectivity index (χ2v) is 9.05. The summed E-state index contributed by atoms with van der Waals surface area (Å²) in [4.78, 5) is 24.4. The van der Waals surface area contributed by atoms with Crippen LogP contribution in [0.1, 0.15) is 30.1 Å². The van der Waals surface area contributed by atoms with E-state index in [-0.39, 0.29) is 17.9 Å². The molecule has 1 saturated heterocycles. The van der Waals surface area contributed by atoms with Crippen LogP contribution < -0.4 is 10.6 Å². The van der Waals surface area contributed by atoms with E-state index in [1.165, 1.54) is 10.6 Å². The molecule has 0 bridgehead atoms. The molecular formula is C16H22BrN3O4S. The van der Waals surface area contributed by atoms with Crippen molar-refractivity contribution in [1.82, 2.24) is 14.9 Å². The van der Waals surface area contributed by atoms with Crippen LogP contribution in [0.2, 0.25) is 0 Å². The van der Waals surface area contributed by atoms with E-state index < -0.39 is 16.1 Å². The standard InChI is InChI=1S/C16H22BrN3O4S/c1-11(18-16(22)12-3-5-13(17)6-4-12)15(21)19-14-7-9-20(10-8-14)25(2,23)24/h3-6,11,14H,7-10H2,1-2H3,(H,18,22)(H,19,21). The monoisotopic (exact) mass is 431 g/mol. The normalized spacial score (nSPS) is 17.7. The van der Waals surface area contributed by atoms with Gasteiger partial charge in [0.05, 0.1) is 6.26 Å². The first-order chi connectivity index (χ1) is 11.7. The third-order valence-corrected chi connectivity index (χ3v) is 5.95. The molecule has 1 heterocycles. The van der Waals surface area contributed by atoms with Crippen LogP contribution in [-0.2, 0) is 14.8 Å². The number of nitrogens with one attached hydrogen (secondary N) is 2. The molecule has 1 aromatic carbocycles. The summed E-state index contributed by atoms with van der Waals surface area (Å²) in [7, 11) is -3.18. The summed E-state index contributed by atoms with van der Waals surface area (Å²) in [6.45, 7) is 2.41. The molecule has 2 rings (SSSR count). The molecule has 1 aliphatic rings. The van der Waals surface area contributed by atoms with Crippen LogP contribution in [0.3, 0.4) is 0 Å².